The molecule has 1 aliphatic rings. The molecule has 1 amide bonds. The highest BCUT2D eigenvalue weighted by atomic mass is 16.5. The van der Waals surface area contributed by atoms with E-state index in [-0.39, 0.29) is 11.9 Å². The molecular formula is C22H22N6O3. The molecule has 1 fully saturated rings. The molecule has 2 aromatic carbocycles. The summed E-state index contributed by atoms with van der Waals surface area (Å²) >= 11 is 0. The van der Waals surface area contributed by atoms with Crippen molar-refractivity contribution in [3.05, 3.63) is 66.0 Å². The van der Waals surface area contributed by atoms with Crippen molar-refractivity contribution in [2.24, 2.45) is 7.05 Å². The number of nitrogens with zero attached hydrogens (tertiary/aromatic N) is 6. The lowest BCUT2D eigenvalue weighted by Gasteiger charge is -2.38. The summed E-state index contributed by atoms with van der Waals surface area (Å²) in [6, 6.07) is 15.2. The van der Waals surface area contributed by atoms with Gasteiger partial charge in [0.25, 0.3) is 5.91 Å². The van der Waals surface area contributed by atoms with Crippen LogP contribution in [0, 0.1) is 0 Å². The Labute approximate surface area is 178 Å². The minimum absolute atomic E-state index is 0.0180. The van der Waals surface area contributed by atoms with E-state index in [2.05, 4.69) is 15.4 Å². The summed E-state index contributed by atoms with van der Waals surface area (Å²) in [5.74, 6) is 1.45. The van der Waals surface area contributed by atoms with Gasteiger partial charge in [-0.25, -0.2) is 9.36 Å². The molecule has 0 spiro atoms. The molecule has 5 rings (SSSR count). The normalized spacial score (nSPS) is 13.9. The van der Waals surface area contributed by atoms with Crippen molar-refractivity contribution in [1.82, 2.24) is 29.7 Å². The number of ether oxygens (including phenoxy) is 2. The molecule has 9 nitrogen and oxygen atoms in total. The van der Waals surface area contributed by atoms with Gasteiger partial charge in [0.15, 0.2) is 0 Å². The second kappa shape index (κ2) is 7.75. The van der Waals surface area contributed by atoms with Crippen LogP contribution in [0.5, 0.6) is 11.6 Å². The lowest BCUT2D eigenvalue weighted by Crippen LogP contribution is -2.50. The summed E-state index contributed by atoms with van der Waals surface area (Å²) < 4.78 is 14.6. The zero-order valence-electron chi connectivity index (χ0n) is 17.3. The molecule has 1 saturated heterocycles. The summed E-state index contributed by atoms with van der Waals surface area (Å²) in [4.78, 5) is 14.7. The zero-order valence-corrected chi connectivity index (χ0v) is 17.3. The number of fused-ring (bicyclic) bond motifs is 1. The number of methoxy groups -OCH3 is 1. The van der Waals surface area contributed by atoms with Crippen molar-refractivity contribution >= 4 is 16.8 Å². The van der Waals surface area contributed by atoms with E-state index >= 15 is 0 Å². The van der Waals surface area contributed by atoms with E-state index in [0.29, 0.717) is 31.1 Å². The molecule has 31 heavy (non-hydrogen) atoms. The smallest absolute Gasteiger partial charge is 0.254 e. The van der Waals surface area contributed by atoms with Crippen LogP contribution in [0.4, 0.5) is 0 Å². The molecule has 0 bridgehead atoms. The molecule has 4 aromatic rings. The van der Waals surface area contributed by atoms with E-state index < -0.39 is 0 Å². The first-order valence-electron chi connectivity index (χ1n) is 10.0. The topological polar surface area (TPSA) is 87.3 Å². The van der Waals surface area contributed by atoms with E-state index in [1.54, 1.807) is 21.4 Å². The fraction of sp³-hybridized carbons (Fsp3) is 0.273. The number of carbonyl (C=O) groups excluding carboxylic acids is 1. The van der Waals surface area contributed by atoms with E-state index in [1.807, 2.05) is 61.8 Å². The van der Waals surface area contributed by atoms with E-state index in [1.165, 1.54) is 0 Å². The highest BCUT2D eigenvalue weighted by Crippen LogP contribution is 2.28. The standard InChI is InChI=1S/C22H22N6O3/c1-26-22(30-2)19-9-8-15(10-20(19)24-26)21(29)27-12-17(13-27)28-11-16(23-25-28)14-31-18-6-4-3-5-7-18/h3-11,17H,12-14H2,1-2H3. The van der Waals surface area contributed by atoms with Gasteiger partial charge >= 0.3 is 0 Å². The van der Waals surface area contributed by atoms with Crippen molar-refractivity contribution in [2.45, 2.75) is 12.6 Å². The third kappa shape index (κ3) is 3.58. The summed E-state index contributed by atoms with van der Waals surface area (Å²) in [6.45, 7) is 1.53. The third-order valence-corrected chi connectivity index (χ3v) is 5.43. The molecule has 0 unspecified atom stereocenters. The van der Waals surface area contributed by atoms with Gasteiger partial charge in [-0.15, -0.1) is 5.10 Å². The van der Waals surface area contributed by atoms with Gasteiger partial charge in [-0.3, -0.25) is 4.79 Å². The first kappa shape index (κ1) is 19.1. The molecule has 0 aliphatic carbocycles. The van der Waals surface area contributed by atoms with E-state index in [0.717, 1.165) is 22.3 Å². The maximum atomic E-state index is 12.9. The predicted molar refractivity (Wildman–Crippen MR) is 113 cm³/mol. The number of para-hydroxylation sites is 1. The van der Waals surface area contributed by atoms with E-state index in [4.69, 9.17) is 9.47 Å². The first-order chi connectivity index (χ1) is 15.1. The Bertz CT molecular complexity index is 1230. The molecule has 1 aliphatic heterocycles. The van der Waals surface area contributed by atoms with Gasteiger partial charge in [0.1, 0.15) is 18.1 Å². The van der Waals surface area contributed by atoms with Gasteiger partial charge in [0, 0.05) is 25.7 Å². The van der Waals surface area contributed by atoms with Gasteiger partial charge in [0.05, 0.1) is 30.3 Å². The van der Waals surface area contributed by atoms with Crippen LogP contribution < -0.4 is 9.47 Å². The monoisotopic (exact) mass is 418 g/mol. The van der Waals surface area contributed by atoms with Gasteiger partial charge in [-0.2, -0.15) is 5.10 Å². The summed E-state index contributed by atoms with van der Waals surface area (Å²) in [6.07, 6.45) is 1.88. The average molecular weight is 418 g/mol. The van der Waals surface area contributed by atoms with Gasteiger partial charge < -0.3 is 14.4 Å². The molecule has 0 radical (unpaired) electrons. The van der Waals surface area contributed by atoms with Gasteiger partial charge in [-0.1, -0.05) is 23.4 Å². The maximum absolute atomic E-state index is 12.9. The molecule has 2 aromatic heterocycles. The number of benzene rings is 2. The van der Waals surface area contributed by atoms with Crippen LogP contribution >= 0.6 is 0 Å². The molecule has 158 valence electrons. The number of likely N-dealkylation sites (tertiary alicyclic amines) is 1. The number of amides is 1. The second-order valence-electron chi connectivity index (χ2n) is 7.52. The fourth-order valence-electron chi connectivity index (χ4n) is 3.75. The minimum atomic E-state index is -0.0180. The van der Waals surface area contributed by atoms with Gasteiger partial charge in [0.2, 0.25) is 5.88 Å². The number of hydrogen-bond donors (Lipinski definition) is 0. The molecule has 3 heterocycles. The van der Waals surface area contributed by atoms with Crippen molar-refractivity contribution in [2.75, 3.05) is 20.2 Å². The van der Waals surface area contributed by atoms with Crippen molar-refractivity contribution in [1.29, 1.82) is 0 Å². The Morgan fingerprint density at radius 3 is 2.74 bits per heavy atom. The highest BCUT2D eigenvalue weighted by Gasteiger charge is 2.33. The van der Waals surface area contributed by atoms with Crippen LogP contribution in [0.15, 0.2) is 54.7 Å². The van der Waals surface area contributed by atoms with Crippen molar-refractivity contribution in [3.8, 4) is 11.6 Å². The predicted octanol–water partition coefficient (Wildman–Crippen LogP) is 2.45. The average Bonchev–Trinajstić information content (AvgIpc) is 3.34. The zero-order chi connectivity index (χ0) is 21.4. The Morgan fingerprint density at radius 1 is 1.16 bits per heavy atom. The number of carbonyl (C=O) groups is 1. The van der Waals surface area contributed by atoms with Crippen LogP contribution in [-0.4, -0.2) is 55.8 Å². The van der Waals surface area contributed by atoms with Crippen LogP contribution in [0.3, 0.4) is 0 Å². The second-order valence-corrected chi connectivity index (χ2v) is 7.52. The fourth-order valence-corrected chi connectivity index (χ4v) is 3.75. The quantitative estimate of drug-likeness (QED) is 0.478. The lowest BCUT2D eigenvalue weighted by atomic mass is 10.1. The number of aromatic nitrogens is 5. The van der Waals surface area contributed by atoms with E-state index in [9.17, 15) is 4.79 Å². The lowest BCUT2D eigenvalue weighted by molar-refractivity contribution is 0.0498. The Morgan fingerprint density at radius 2 is 1.97 bits per heavy atom. The SMILES string of the molecule is COc1c2ccc(C(=O)N3CC(n4cc(COc5ccccc5)nn4)C3)cc2nn1C. The molecule has 0 N–H and O–H groups in total. The summed E-state index contributed by atoms with van der Waals surface area (Å²) in [5, 5.41) is 13.7. The Kier molecular flexibility index (Phi) is 4.78. The Balaban J connectivity index is 1.20. The molecule has 0 saturated carbocycles. The number of hydrogen-bond acceptors (Lipinski definition) is 6. The van der Waals surface area contributed by atoms with Crippen LogP contribution in [0.1, 0.15) is 22.1 Å². The van der Waals surface area contributed by atoms with Crippen LogP contribution in [-0.2, 0) is 13.7 Å². The first-order valence-corrected chi connectivity index (χ1v) is 10.0. The largest absolute Gasteiger partial charge is 0.487 e. The van der Waals surface area contributed by atoms with Crippen LogP contribution in [0.2, 0.25) is 0 Å². The molecular weight excluding hydrogens is 396 g/mol. The summed E-state index contributed by atoms with van der Waals surface area (Å²) in [5.41, 5.74) is 2.10. The Hall–Kier alpha value is -3.88. The highest BCUT2D eigenvalue weighted by molar-refractivity contribution is 5.99. The molecule has 9 heteroatoms. The van der Waals surface area contributed by atoms with Crippen molar-refractivity contribution < 1.29 is 14.3 Å². The maximum Gasteiger partial charge on any atom is 0.254 e. The molecule has 0 atom stereocenters. The van der Waals surface area contributed by atoms with Gasteiger partial charge in [-0.05, 0) is 30.3 Å². The minimum Gasteiger partial charge on any atom is -0.487 e. The summed E-state index contributed by atoms with van der Waals surface area (Å²) in [7, 11) is 3.43. The number of rotatable bonds is 6. The number of aryl methyl sites for hydroxylation is 1. The van der Waals surface area contributed by atoms with Crippen LogP contribution in [0.25, 0.3) is 10.9 Å². The van der Waals surface area contributed by atoms with Crippen molar-refractivity contribution in [3.63, 3.8) is 0 Å². The third-order valence-electron chi connectivity index (χ3n) is 5.43.